The summed E-state index contributed by atoms with van der Waals surface area (Å²) in [6.07, 6.45) is 1.75. The summed E-state index contributed by atoms with van der Waals surface area (Å²) in [6.45, 7) is 5.92. The standard InChI is InChI=1S/C7H10N2.C2H6/c1-6(8)7-4-2-3-5-9-7;1-2/h2-6H,8H2,1H3;1-2H3. The number of rotatable bonds is 1. The van der Waals surface area contributed by atoms with Crippen LogP contribution < -0.4 is 5.73 Å². The first-order valence-electron chi connectivity index (χ1n) is 3.97. The van der Waals surface area contributed by atoms with Crippen LogP contribution in [0.5, 0.6) is 0 Å². The summed E-state index contributed by atoms with van der Waals surface area (Å²) >= 11 is 0. The average molecular weight is 152 g/mol. The van der Waals surface area contributed by atoms with Crippen LogP contribution >= 0.6 is 0 Å². The van der Waals surface area contributed by atoms with E-state index in [1.165, 1.54) is 0 Å². The van der Waals surface area contributed by atoms with Gasteiger partial charge >= 0.3 is 0 Å². The second-order valence-electron chi connectivity index (χ2n) is 2.04. The number of pyridine rings is 1. The molecular formula is C9H16N2. The molecule has 0 fully saturated rings. The lowest BCUT2D eigenvalue weighted by Crippen LogP contribution is -2.06. The van der Waals surface area contributed by atoms with Crippen molar-refractivity contribution in [2.45, 2.75) is 26.8 Å². The molecule has 2 N–H and O–H groups in total. The Kier molecular flexibility index (Phi) is 5.39. The second kappa shape index (κ2) is 5.86. The van der Waals surface area contributed by atoms with E-state index in [-0.39, 0.29) is 6.04 Å². The molecule has 0 aliphatic rings. The molecular weight excluding hydrogens is 136 g/mol. The maximum absolute atomic E-state index is 5.55. The summed E-state index contributed by atoms with van der Waals surface area (Å²) in [5.74, 6) is 0. The Bertz CT molecular complexity index is 170. The van der Waals surface area contributed by atoms with Crippen LogP contribution in [-0.2, 0) is 0 Å². The molecule has 0 amide bonds. The van der Waals surface area contributed by atoms with E-state index in [0.717, 1.165) is 5.69 Å². The van der Waals surface area contributed by atoms with Crippen LogP contribution in [-0.4, -0.2) is 4.98 Å². The predicted octanol–water partition coefficient (Wildman–Crippen LogP) is 2.13. The van der Waals surface area contributed by atoms with Gasteiger partial charge in [0.15, 0.2) is 0 Å². The highest BCUT2D eigenvalue weighted by molar-refractivity contribution is 5.06. The predicted molar refractivity (Wildman–Crippen MR) is 48.2 cm³/mol. The monoisotopic (exact) mass is 152 g/mol. The van der Waals surface area contributed by atoms with Gasteiger partial charge in [-0.15, -0.1) is 0 Å². The Morgan fingerprint density at radius 2 is 2.00 bits per heavy atom. The van der Waals surface area contributed by atoms with Crippen LogP contribution in [0.3, 0.4) is 0 Å². The van der Waals surface area contributed by atoms with E-state index >= 15 is 0 Å². The number of nitrogens with two attached hydrogens (primary N) is 1. The van der Waals surface area contributed by atoms with Crippen molar-refractivity contribution in [3.8, 4) is 0 Å². The fraction of sp³-hybridized carbons (Fsp3) is 0.444. The molecule has 1 heterocycles. The first-order valence-corrected chi connectivity index (χ1v) is 3.97. The Labute approximate surface area is 68.5 Å². The lowest BCUT2D eigenvalue weighted by atomic mass is 10.2. The topological polar surface area (TPSA) is 38.9 Å². The Balaban J connectivity index is 0.000000461. The summed E-state index contributed by atoms with van der Waals surface area (Å²) in [6, 6.07) is 5.79. The van der Waals surface area contributed by atoms with Crippen molar-refractivity contribution in [2.75, 3.05) is 0 Å². The highest BCUT2D eigenvalue weighted by Gasteiger charge is 1.95. The van der Waals surface area contributed by atoms with E-state index in [2.05, 4.69) is 4.98 Å². The van der Waals surface area contributed by atoms with Gasteiger partial charge in [0.05, 0.1) is 5.69 Å². The van der Waals surface area contributed by atoms with Gasteiger partial charge in [-0.05, 0) is 19.1 Å². The van der Waals surface area contributed by atoms with Crippen molar-refractivity contribution < 1.29 is 0 Å². The van der Waals surface area contributed by atoms with E-state index in [0.29, 0.717) is 0 Å². The van der Waals surface area contributed by atoms with E-state index < -0.39 is 0 Å². The normalized spacial score (nSPS) is 11.3. The maximum Gasteiger partial charge on any atom is 0.0568 e. The van der Waals surface area contributed by atoms with Gasteiger partial charge < -0.3 is 5.73 Å². The highest BCUT2D eigenvalue weighted by Crippen LogP contribution is 2.02. The Morgan fingerprint density at radius 3 is 2.27 bits per heavy atom. The van der Waals surface area contributed by atoms with Crippen LogP contribution in [0.1, 0.15) is 32.5 Å². The smallest absolute Gasteiger partial charge is 0.0568 e. The van der Waals surface area contributed by atoms with Crippen molar-refractivity contribution >= 4 is 0 Å². The van der Waals surface area contributed by atoms with Gasteiger partial charge in [0.25, 0.3) is 0 Å². The first-order chi connectivity index (χ1) is 5.30. The number of hydrogen-bond donors (Lipinski definition) is 1. The van der Waals surface area contributed by atoms with Gasteiger partial charge in [-0.2, -0.15) is 0 Å². The largest absolute Gasteiger partial charge is 0.323 e. The third kappa shape index (κ3) is 3.73. The molecule has 1 atom stereocenters. The van der Waals surface area contributed by atoms with Crippen LogP contribution in [0.15, 0.2) is 24.4 Å². The molecule has 11 heavy (non-hydrogen) atoms. The summed E-state index contributed by atoms with van der Waals surface area (Å²) < 4.78 is 0. The molecule has 1 rings (SSSR count). The van der Waals surface area contributed by atoms with Crippen LogP contribution in [0, 0.1) is 0 Å². The van der Waals surface area contributed by atoms with Crippen molar-refractivity contribution in [3.63, 3.8) is 0 Å². The van der Waals surface area contributed by atoms with E-state index in [1.807, 2.05) is 39.0 Å². The molecule has 0 radical (unpaired) electrons. The summed E-state index contributed by atoms with van der Waals surface area (Å²) in [7, 11) is 0. The highest BCUT2D eigenvalue weighted by atomic mass is 14.7. The van der Waals surface area contributed by atoms with E-state index in [1.54, 1.807) is 6.20 Å². The molecule has 0 aromatic carbocycles. The molecule has 1 aromatic rings. The molecule has 0 bridgehead atoms. The minimum Gasteiger partial charge on any atom is -0.323 e. The maximum atomic E-state index is 5.55. The third-order valence-corrected chi connectivity index (χ3v) is 1.15. The van der Waals surface area contributed by atoms with E-state index in [9.17, 15) is 0 Å². The fourth-order valence-corrected chi connectivity index (χ4v) is 0.645. The zero-order chi connectivity index (χ0) is 8.69. The molecule has 0 aliphatic heterocycles. The van der Waals surface area contributed by atoms with Crippen molar-refractivity contribution in [1.29, 1.82) is 0 Å². The minimum atomic E-state index is 0.0474. The summed E-state index contributed by atoms with van der Waals surface area (Å²) in [5.41, 5.74) is 6.49. The van der Waals surface area contributed by atoms with E-state index in [4.69, 9.17) is 5.73 Å². The zero-order valence-corrected chi connectivity index (χ0v) is 7.41. The van der Waals surface area contributed by atoms with Gasteiger partial charge in [-0.25, -0.2) is 0 Å². The Hall–Kier alpha value is -0.890. The lowest BCUT2D eigenvalue weighted by molar-refractivity contribution is 0.781. The third-order valence-electron chi connectivity index (χ3n) is 1.15. The van der Waals surface area contributed by atoms with Gasteiger partial charge in [0, 0.05) is 12.2 Å². The van der Waals surface area contributed by atoms with Gasteiger partial charge in [0.2, 0.25) is 0 Å². The van der Waals surface area contributed by atoms with Crippen LogP contribution in [0.25, 0.3) is 0 Å². The minimum absolute atomic E-state index is 0.0474. The molecule has 1 unspecified atom stereocenters. The molecule has 0 aliphatic carbocycles. The fourth-order valence-electron chi connectivity index (χ4n) is 0.645. The zero-order valence-electron chi connectivity index (χ0n) is 7.41. The lowest BCUT2D eigenvalue weighted by Gasteiger charge is -2.00. The molecule has 2 heteroatoms. The van der Waals surface area contributed by atoms with Crippen LogP contribution in [0.2, 0.25) is 0 Å². The average Bonchev–Trinajstić information content (AvgIpc) is 2.10. The molecule has 0 spiro atoms. The first kappa shape index (κ1) is 10.1. The molecule has 1 aromatic heterocycles. The summed E-state index contributed by atoms with van der Waals surface area (Å²) in [5, 5.41) is 0. The molecule has 2 nitrogen and oxygen atoms in total. The van der Waals surface area contributed by atoms with Gasteiger partial charge in [-0.3, -0.25) is 4.98 Å². The van der Waals surface area contributed by atoms with Crippen LogP contribution in [0.4, 0.5) is 0 Å². The van der Waals surface area contributed by atoms with Crippen molar-refractivity contribution in [1.82, 2.24) is 4.98 Å². The van der Waals surface area contributed by atoms with Gasteiger partial charge in [0.1, 0.15) is 0 Å². The Morgan fingerprint density at radius 1 is 1.36 bits per heavy atom. The molecule has 62 valence electrons. The summed E-state index contributed by atoms with van der Waals surface area (Å²) in [4.78, 5) is 4.05. The second-order valence-corrected chi connectivity index (χ2v) is 2.04. The van der Waals surface area contributed by atoms with Gasteiger partial charge in [-0.1, -0.05) is 19.9 Å². The SMILES string of the molecule is CC.CC(N)c1ccccn1. The molecule has 0 saturated carbocycles. The quantitative estimate of drug-likeness (QED) is 0.669. The number of hydrogen-bond acceptors (Lipinski definition) is 2. The number of nitrogens with zero attached hydrogens (tertiary/aromatic N) is 1. The number of aromatic nitrogens is 1. The van der Waals surface area contributed by atoms with Crippen molar-refractivity contribution in [2.24, 2.45) is 5.73 Å². The van der Waals surface area contributed by atoms with Crippen molar-refractivity contribution in [3.05, 3.63) is 30.1 Å². The molecule has 0 saturated heterocycles.